The Morgan fingerprint density at radius 3 is 2.38 bits per heavy atom. The summed E-state index contributed by atoms with van der Waals surface area (Å²) in [6.07, 6.45) is 0. The Kier molecular flexibility index (Phi) is 5.20. The predicted octanol–water partition coefficient (Wildman–Crippen LogP) is 3.28. The van der Waals surface area contributed by atoms with Gasteiger partial charge in [0.05, 0.1) is 22.8 Å². The Labute approximate surface area is 153 Å². The highest BCUT2D eigenvalue weighted by molar-refractivity contribution is 8.04. The number of benzene rings is 2. The molecule has 0 saturated heterocycles. The number of halogens is 2. The van der Waals surface area contributed by atoms with E-state index in [-0.39, 0.29) is 22.8 Å². The minimum absolute atomic E-state index is 0.108. The van der Waals surface area contributed by atoms with Crippen LogP contribution in [-0.2, 0) is 9.59 Å². The van der Waals surface area contributed by atoms with Crippen LogP contribution in [0.4, 0.5) is 14.5 Å². The van der Waals surface area contributed by atoms with Crippen molar-refractivity contribution in [3.8, 4) is 0 Å². The van der Waals surface area contributed by atoms with Gasteiger partial charge in [-0.05, 0) is 24.6 Å². The van der Waals surface area contributed by atoms with Crippen molar-refractivity contribution in [2.75, 3.05) is 17.3 Å². The van der Waals surface area contributed by atoms with Gasteiger partial charge >= 0.3 is 0 Å². The number of anilines is 1. The van der Waals surface area contributed by atoms with Gasteiger partial charge in [-0.25, -0.2) is 13.7 Å². The fourth-order valence-electron chi connectivity index (χ4n) is 2.64. The van der Waals surface area contributed by atoms with E-state index in [2.05, 4.69) is 0 Å². The topological polar surface area (TPSA) is 57.6 Å². The number of thioether (sulfide) groups is 1. The summed E-state index contributed by atoms with van der Waals surface area (Å²) in [5.74, 6) is -2.87. The van der Waals surface area contributed by atoms with Crippen molar-refractivity contribution in [3.05, 3.63) is 70.1 Å². The molecule has 1 aliphatic rings. The van der Waals surface area contributed by atoms with Crippen LogP contribution in [0.3, 0.4) is 0 Å². The van der Waals surface area contributed by atoms with Gasteiger partial charge in [0.2, 0.25) is 0 Å². The number of aliphatic hydroxyl groups is 1. The fraction of sp³-hybridized carbons (Fsp3) is 0.158. The van der Waals surface area contributed by atoms with Gasteiger partial charge in [-0.1, -0.05) is 29.8 Å². The van der Waals surface area contributed by atoms with Crippen LogP contribution in [0.2, 0.25) is 0 Å². The first-order chi connectivity index (χ1) is 12.4. The lowest BCUT2D eigenvalue weighted by Crippen LogP contribution is -2.32. The lowest BCUT2D eigenvalue weighted by Gasteiger charge is -2.16. The first kappa shape index (κ1) is 18.3. The molecule has 4 nitrogen and oxygen atoms in total. The summed E-state index contributed by atoms with van der Waals surface area (Å²) in [5, 5.41) is 9.07. The zero-order chi connectivity index (χ0) is 18.8. The van der Waals surface area contributed by atoms with E-state index in [1.54, 1.807) is 24.3 Å². The van der Waals surface area contributed by atoms with Crippen molar-refractivity contribution in [3.63, 3.8) is 0 Å². The van der Waals surface area contributed by atoms with Crippen molar-refractivity contribution in [1.29, 1.82) is 0 Å². The molecule has 1 heterocycles. The monoisotopic (exact) mass is 375 g/mol. The summed E-state index contributed by atoms with van der Waals surface area (Å²) in [6.45, 7) is 1.70. The molecule has 2 aromatic carbocycles. The number of amides is 2. The van der Waals surface area contributed by atoms with Gasteiger partial charge < -0.3 is 5.11 Å². The Balaban J connectivity index is 2.11. The summed E-state index contributed by atoms with van der Waals surface area (Å²) in [5.41, 5.74) is 1.18. The molecule has 0 aromatic heterocycles. The average Bonchev–Trinajstić information content (AvgIpc) is 2.86. The van der Waals surface area contributed by atoms with Crippen molar-refractivity contribution >= 4 is 34.8 Å². The molecular formula is C19H15F2NO3S. The number of imide groups is 1. The Morgan fingerprint density at radius 1 is 1.04 bits per heavy atom. The number of carbonyl (C=O) groups is 2. The van der Waals surface area contributed by atoms with Gasteiger partial charge in [0.15, 0.2) is 0 Å². The van der Waals surface area contributed by atoms with Crippen LogP contribution in [0, 0.1) is 18.6 Å². The van der Waals surface area contributed by atoms with E-state index in [4.69, 9.17) is 5.11 Å². The van der Waals surface area contributed by atoms with Crippen molar-refractivity contribution in [1.82, 2.24) is 0 Å². The molecule has 3 rings (SSSR count). The maximum absolute atomic E-state index is 14.2. The Bertz CT molecular complexity index is 910. The maximum Gasteiger partial charge on any atom is 0.272 e. The molecule has 0 spiro atoms. The van der Waals surface area contributed by atoms with Crippen molar-refractivity contribution in [2.45, 2.75) is 6.92 Å². The van der Waals surface area contributed by atoms with Gasteiger partial charge in [0.1, 0.15) is 11.6 Å². The number of aliphatic hydroxyl groups excluding tert-OH is 1. The van der Waals surface area contributed by atoms with Crippen LogP contribution in [-0.4, -0.2) is 29.3 Å². The smallest absolute Gasteiger partial charge is 0.272 e. The third kappa shape index (κ3) is 3.27. The third-order valence-corrected chi connectivity index (χ3v) is 4.92. The fourth-order valence-corrected chi connectivity index (χ4v) is 3.50. The van der Waals surface area contributed by atoms with Crippen molar-refractivity contribution in [2.24, 2.45) is 0 Å². The minimum atomic E-state index is -0.871. The molecule has 1 aliphatic heterocycles. The second kappa shape index (κ2) is 7.39. The first-order valence-corrected chi connectivity index (χ1v) is 8.81. The third-order valence-electron chi connectivity index (χ3n) is 3.87. The number of rotatable bonds is 5. The van der Waals surface area contributed by atoms with E-state index in [0.717, 1.165) is 35.5 Å². The zero-order valence-electron chi connectivity index (χ0n) is 13.8. The van der Waals surface area contributed by atoms with Crippen LogP contribution in [0.5, 0.6) is 0 Å². The molecule has 26 heavy (non-hydrogen) atoms. The molecule has 134 valence electrons. The van der Waals surface area contributed by atoms with Gasteiger partial charge in [0, 0.05) is 11.8 Å². The first-order valence-electron chi connectivity index (χ1n) is 7.83. The number of carbonyl (C=O) groups excluding carboxylic acids is 2. The normalized spacial score (nSPS) is 14.5. The van der Waals surface area contributed by atoms with Gasteiger partial charge in [-0.15, -0.1) is 11.8 Å². The Morgan fingerprint density at radius 2 is 1.73 bits per heavy atom. The number of aryl methyl sites for hydroxylation is 1. The molecule has 1 N–H and O–H groups in total. The van der Waals surface area contributed by atoms with E-state index in [1.165, 1.54) is 0 Å². The lowest BCUT2D eigenvalue weighted by molar-refractivity contribution is -0.119. The highest BCUT2D eigenvalue weighted by Gasteiger charge is 2.41. The second-order valence-corrected chi connectivity index (χ2v) is 6.79. The highest BCUT2D eigenvalue weighted by Crippen LogP contribution is 2.39. The standard InChI is InChI=1S/C19H15F2NO3S/c1-11-2-4-12(5-3-11)16-17(26-9-8-23)19(25)22(18(16)24)15-10-13(20)6-7-14(15)21/h2-7,10,23H,8-9H2,1H3. The SMILES string of the molecule is Cc1ccc(C2=C(SCCO)C(=O)N(c3cc(F)ccc3F)C2=O)cc1. The molecule has 0 fully saturated rings. The quantitative estimate of drug-likeness (QED) is 0.815. The van der Waals surface area contributed by atoms with Crippen LogP contribution in [0.15, 0.2) is 47.4 Å². The van der Waals surface area contributed by atoms with E-state index in [9.17, 15) is 18.4 Å². The van der Waals surface area contributed by atoms with Gasteiger partial charge in [-0.2, -0.15) is 0 Å². The summed E-state index contributed by atoms with van der Waals surface area (Å²) in [4.78, 5) is 26.5. The van der Waals surface area contributed by atoms with E-state index in [0.29, 0.717) is 10.5 Å². The average molecular weight is 375 g/mol. The maximum atomic E-state index is 14.2. The number of hydrogen-bond donors (Lipinski definition) is 1. The van der Waals surface area contributed by atoms with E-state index >= 15 is 0 Å². The molecule has 2 aromatic rings. The van der Waals surface area contributed by atoms with E-state index in [1.807, 2.05) is 6.92 Å². The summed E-state index contributed by atoms with van der Waals surface area (Å²) in [6, 6.07) is 9.58. The molecule has 0 bridgehead atoms. The van der Waals surface area contributed by atoms with Crippen LogP contribution >= 0.6 is 11.8 Å². The zero-order valence-corrected chi connectivity index (χ0v) is 14.6. The highest BCUT2D eigenvalue weighted by atomic mass is 32.2. The molecule has 0 radical (unpaired) electrons. The van der Waals surface area contributed by atoms with Crippen LogP contribution in [0.25, 0.3) is 5.57 Å². The molecule has 0 saturated carbocycles. The molecule has 0 unspecified atom stereocenters. The molecule has 0 atom stereocenters. The summed E-state index contributed by atoms with van der Waals surface area (Å²) >= 11 is 1.01. The number of hydrogen-bond acceptors (Lipinski definition) is 4. The van der Waals surface area contributed by atoms with Gasteiger partial charge in [-0.3, -0.25) is 9.59 Å². The second-order valence-electron chi connectivity index (χ2n) is 5.68. The predicted molar refractivity (Wildman–Crippen MR) is 96.5 cm³/mol. The van der Waals surface area contributed by atoms with Crippen LogP contribution in [0.1, 0.15) is 11.1 Å². The lowest BCUT2D eigenvalue weighted by atomic mass is 10.0. The van der Waals surface area contributed by atoms with Crippen molar-refractivity contribution < 1.29 is 23.5 Å². The number of nitrogens with zero attached hydrogens (tertiary/aromatic N) is 1. The van der Waals surface area contributed by atoms with E-state index < -0.39 is 29.1 Å². The van der Waals surface area contributed by atoms with Gasteiger partial charge in [0.25, 0.3) is 11.8 Å². The molecular weight excluding hydrogens is 360 g/mol. The largest absolute Gasteiger partial charge is 0.396 e. The molecule has 0 aliphatic carbocycles. The van der Waals surface area contributed by atoms with Crippen LogP contribution < -0.4 is 4.90 Å². The minimum Gasteiger partial charge on any atom is -0.396 e. The summed E-state index contributed by atoms with van der Waals surface area (Å²) in [7, 11) is 0. The molecule has 7 heteroatoms. The summed E-state index contributed by atoms with van der Waals surface area (Å²) < 4.78 is 27.7. The Hall–Kier alpha value is -2.51. The molecule has 2 amide bonds.